The second kappa shape index (κ2) is 10.0. The zero-order valence-electron chi connectivity index (χ0n) is 20.3. The number of amides is 1. The Balaban J connectivity index is 1.53. The van der Waals surface area contributed by atoms with E-state index in [0.717, 1.165) is 33.3 Å². The van der Waals surface area contributed by atoms with E-state index in [1.807, 2.05) is 61.8 Å². The number of rotatable bonds is 8. The van der Waals surface area contributed by atoms with E-state index in [9.17, 15) is 14.7 Å². The predicted molar refractivity (Wildman–Crippen MR) is 142 cm³/mol. The van der Waals surface area contributed by atoms with E-state index in [4.69, 9.17) is 4.74 Å². The number of benzene rings is 2. The van der Waals surface area contributed by atoms with E-state index >= 15 is 0 Å². The number of aliphatic hydroxyl groups is 1. The quantitative estimate of drug-likeness (QED) is 0.177. The number of hydrogen-bond acceptors (Lipinski definition) is 5. The van der Waals surface area contributed by atoms with Crippen LogP contribution in [0, 0.1) is 6.92 Å². The SMILES string of the molecule is CCCOc1cccc(/C(O)=C2/C(=O)C(=O)N(CCc3c[nH]c4ccccc34)C2c2sccc2C)c1. The number of aromatic nitrogens is 1. The summed E-state index contributed by atoms with van der Waals surface area (Å²) >= 11 is 1.49. The monoisotopic (exact) mass is 500 g/mol. The van der Waals surface area contributed by atoms with Gasteiger partial charge in [-0.25, -0.2) is 0 Å². The molecule has 1 aliphatic rings. The molecule has 4 aromatic rings. The highest BCUT2D eigenvalue weighted by Crippen LogP contribution is 2.43. The van der Waals surface area contributed by atoms with Crippen molar-refractivity contribution in [3.05, 3.63) is 93.3 Å². The third-order valence-electron chi connectivity index (χ3n) is 6.57. The first-order valence-electron chi connectivity index (χ1n) is 12.1. The van der Waals surface area contributed by atoms with Crippen molar-refractivity contribution < 1.29 is 19.4 Å². The van der Waals surface area contributed by atoms with Crippen LogP contribution in [0.4, 0.5) is 0 Å². The van der Waals surface area contributed by atoms with Crippen molar-refractivity contribution in [1.82, 2.24) is 9.88 Å². The fourth-order valence-electron chi connectivity index (χ4n) is 4.74. The van der Waals surface area contributed by atoms with Gasteiger partial charge >= 0.3 is 0 Å². The Labute approximate surface area is 213 Å². The second-order valence-electron chi connectivity index (χ2n) is 8.95. The summed E-state index contributed by atoms with van der Waals surface area (Å²) in [5.41, 5.74) is 3.67. The normalized spacial score (nSPS) is 17.3. The van der Waals surface area contributed by atoms with Crippen LogP contribution >= 0.6 is 11.3 Å². The molecule has 0 saturated carbocycles. The van der Waals surface area contributed by atoms with E-state index in [-0.39, 0.29) is 11.3 Å². The first kappa shape index (κ1) is 23.9. The molecular weight excluding hydrogens is 472 g/mol. The number of aliphatic hydroxyl groups excluding tert-OH is 1. The topological polar surface area (TPSA) is 82.6 Å². The Hall–Kier alpha value is -3.84. The molecule has 1 saturated heterocycles. The van der Waals surface area contributed by atoms with Crippen molar-refractivity contribution >= 4 is 39.7 Å². The number of nitrogens with one attached hydrogen (secondary N) is 1. The van der Waals surface area contributed by atoms with Crippen LogP contribution in [0.15, 0.2) is 71.7 Å². The Bertz CT molecular complexity index is 1460. The van der Waals surface area contributed by atoms with Crippen LogP contribution in [0.2, 0.25) is 0 Å². The molecule has 0 spiro atoms. The molecule has 0 aliphatic carbocycles. The number of fused-ring (bicyclic) bond motifs is 1. The van der Waals surface area contributed by atoms with Crippen molar-refractivity contribution in [2.75, 3.05) is 13.2 Å². The van der Waals surface area contributed by atoms with Crippen LogP contribution in [0.1, 0.15) is 41.0 Å². The van der Waals surface area contributed by atoms with Gasteiger partial charge in [-0.2, -0.15) is 0 Å². The molecule has 1 amide bonds. The van der Waals surface area contributed by atoms with Crippen LogP contribution < -0.4 is 4.74 Å². The lowest BCUT2D eigenvalue weighted by Crippen LogP contribution is -2.31. The maximum atomic E-state index is 13.3. The molecule has 1 aliphatic heterocycles. The second-order valence-corrected chi connectivity index (χ2v) is 9.89. The molecule has 0 bridgehead atoms. The Morgan fingerprint density at radius 3 is 2.75 bits per heavy atom. The molecular formula is C29H28N2O4S. The first-order chi connectivity index (χ1) is 17.5. The first-order valence-corrected chi connectivity index (χ1v) is 13.0. The van der Waals surface area contributed by atoms with Gasteiger partial charge in [-0.3, -0.25) is 9.59 Å². The lowest BCUT2D eigenvalue weighted by molar-refractivity contribution is -0.139. The van der Waals surface area contributed by atoms with E-state index in [2.05, 4.69) is 4.98 Å². The maximum Gasteiger partial charge on any atom is 0.295 e. The van der Waals surface area contributed by atoms with Crippen LogP contribution in [-0.4, -0.2) is 39.8 Å². The van der Waals surface area contributed by atoms with Crippen LogP contribution in [0.3, 0.4) is 0 Å². The molecule has 1 fully saturated rings. The highest BCUT2D eigenvalue weighted by Gasteiger charge is 2.46. The van der Waals surface area contributed by atoms with Crippen molar-refractivity contribution in [2.45, 2.75) is 32.7 Å². The lowest BCUT2D eigenvalue weighted by atomic mass is 9.98. The summed E-state index contributed by atoms with van der Waals surface area (Å²) in [7, 11) is 0. The van der Waals surface area contributed by atoms with E-state index in [0.29, 0.717) is 30.9 Å². The molecule has 7 heteroatoms. The molecule has 2 aromatic carbocycles. The van der Waals surface area contributed by atoms with Crippen molar-refractivity contribution in [3.63, 3.8) is 0 Å². The number of H-pyrrole nitrogens is 1. The van der Waals surface area contributed by atoms with Gasteiger partial charge in [0.1, 0.15) is 11.5 Å². The number of para-hydroxylation sites is 1. The summed E-state index contributed by atoms with van der Waals surface area (Å²) in [5, 5.41) is 14.4. The smallest absolute Gasteiger partial charge is 0.295 e. The molecule has 6 nitrogen and oxygen atoms in total. The number of aromatic amines is 1. The number of carbonyl (C=O) groups excluding carboxylic acids is 2. The van der Waals surface area contributed by atoms with E-state index in [1.54, 1.807) is 23.1 Å². The number of carbonyl (C=O) groups is 2. The van der Waals surface area contributed by atoms with Crippen LogP contribution in [-0.2, 0) is 16.0 Å². The summed E-state index contributed by atoms with van der Waals surface area (Å²) in [6.07, 6.45) is 3.39. The van der Waals surface area contributed by atoms with Crippen LogP contribution in [0.5, 0.6) is 5.75 Å². The number of thiophene rings is 1. The van der Waals surface area contributed by atoms with Crippen molar-refractivity contribution in [3.8, 4) is 5.75 Å². The van der Waals surface area contributed by atoms with Crippen LogP contribution in [0.25, 0.3) is 16.7 Å². The number of nitrogens with zero attached hydrogens (tertiary/aromatic N) is 1. The number of Topliss-reactive ketones (excluding diaryl/α,β-unsaturated/α-hetero) is 1. The Morgan fingerprint density at radius 1 is 1.14 bits per heavy atom. The fourth-order valence-corrected chi connectivity index (χ4v) is 5.78. The van der Waals surface area contributed by atoms with Gasteiger partial charge in [-0.1, -0.05) is 37.3 Å². The molecule has 2 N–H and O–H groups in total. The number of aryl methyl sites for hydroxylation is 1. The highest BCUT2D eigenvalue weighted by atomic mass is 32.1. The van der Waals surface area contributed by atoms with Gasteiger partial charge in [-0.05, 0) is 60.5 Å². The molecule has 1 atom stereocenters. The molecule has 3 heterocycles. The van der Waals surface area contributed by atoms with Crippen molar-refractivity contribution in [2.24, 2.45) is 0 Å². The van der Waals surface area contributed by atoms with Gasteiger partial charge in [0, 0.05) is 34.1 Å². The molecule has 184 valence electrons. The van der Waals surface area contributed by atoms with Gasteiger partial charge in [0.05, 0.1) is 18.2 Å². The summed E-state index contributed by atoms with van der Waals surface area (Å²) in [4.78, 5) is 32.4. The summed E-state index contributed by atoms with van der Waals surface area (Å²) in [6.45, 7) is 4.89. The largest absolute Gasteiger partial charge is 0.507 e. The van der Waals surface area contributed by atoms with E-state index < -0.39 is 17.7 Å². The summed E-state index contributed by atoms with van der Waals surface area (Å²) in [5.74, 6) is -0.822. The molecule has 1 unspecified atom stereocenters. The highest BCUT2D eigenvalue weighted by molar-refractivity contribution is 7.10. The van der Waals surface area contributed by atoms with Gasteiger partial charge in [-0.15, -0.1) is 11.3 Å². The number of likely N-dealkylation sites (tertiary alicyclic amines) is 1. The van der Waals surface area contributed by atoms with Gasteiger partial charge in [0.25, 0.3) is 11.7 Å². The average molecular weight is 501 g/mol. The molecule has 36 heavy (non-hydrogen) atoms. The van der Waals surface area contributed by atoms with E-state index in [1.165, 1.54) is 11.3 Å². The van der Waals surface area contributed by atoms with Gasteiger partial charge in [0.2, 0.25) is 0 Å². The molecule has 0 radical (unpaired) electrons. The predicted octanol–water partition coefficient (Wildman–Crippen LogP) is 5.99. The van der Waals surface area contributed by atoms with Crippen molar-refractivity contribution in [1.29, 1.82) is 0 Å². The average Bonchev–Trinajstić information content (AvgIpc) is 3.57. The number of hydrogen-bond donors (Lipinski definition) is 2. The minimum atomic E-state index is -0.663. The number of ether oxygens (including phenoxy) is 1. The zero-order valence-corrected chi connectivity index (χ0v) is 21.1. The fraction of sp³-hybridized carbons (Fsp3) is 0.241. The Morgan fingerprint density at radius 2 is 1.97 bits per heavy atom. The summed E-state index contributed by atoms with van der Waals surface area (Å²) < 4.78 is 5.71. The summed E-state index contributed by atoms with van der Waals surface area (Å²) in [6, 6.07) is 16.4. The third-order valence-corrected chi connectivity index (χ3v) is 7.64. The Kier molecular flexibility index (Phi) is 6.65. The minimum Gasteiger partial charge on any atom is -0.507 e. The molecule has 5 rings (SSSR count). The third kappa shape index (κ3) is 4.31. The van der Waals surface area contributed by atoms with Gasteiger partial charge in [0.15, 0.2) is 0 Å². The lowest BCUT2D eigenvalue weighted by Gasteiger charge is -2.25. The molecule has 2 aromatic heterocycles. The standard InChI is InChI=1S/C29H28N2O4S/c1-3-14-35-21-8-6-7-19(16-21)26(32)24-25(28-18(2)12-15-36-28)31(29(34)27(24)33)13-11-20-17-30-23-10-5-4-9-22(20)23/h4-10,12,15-17,25,30,32H,3,11,13-14H2,1-2H3/b26-24-. The minimum absolute atomic E-state index is 0.122. The zero-order chi connectivity index (χ0) is 25.2. The number of ketones is 1. The maximum absolute atomic E-state index is 13.3. The van der Waals surface area contributed by atoms with Gasteiger partial charge < -0.3 is 19.7 Å².